The molecule has 0 unspecified atom stereocenters. The molecule has 0 bridgehead atoms. The third-order valence-electron chi connectivity index (χ3n) is 5.50. The number of nitrogens with zero attached hydrogens (tertiary/aromatic N) is 4. The lowest BCUT2D eigenvalue weighted by Crippen LogP contribution is -1.98. The van der Waals surface area contributed by atoms with Crippen LogP contribution in [0.15, 0.2) is 91.3 Å². The predicted molar refractivity (Wildman–Crippen MR) is 147 cm³/mol. The fourth-order valence-corrected chi connectivity index (χ4v) is 3.76. The van der Waals surface area contributed by atoms with Gasteiger partial charge in [0.15, 0.2) is 0 Å². The van der Waals surface area contributed by atoms with Gasteiger partial charge in [-0.05, 0) is 73.5 Å². The van der Waals surface area contributed by atoms with E-state index in [1.807, 2.05) is 72.2 Å². The number of nitrogen functional groups attached to an aromatic ring is 1. The summed E-state index contributed by atoms with van der Waals surface area (Å²) in [5, 5.41) is 21.2. The summed E-state index contributed by atoms with van der Waals surface area (Å²) in [6.45, 7) is 4.09. The molecule has 0 fully saturated rings. The fourth-order valence-electron chi connectivity index (χ4n) is 3.76. The summed E-state index contributed by atoms with van der Waals surface area (Å²) in [6.07, 6.45) is 1.76. The normalized spacial score (nSPS) is 9.78. The van der Waals surface area contributed by atoms with Crippen molar-refractivity contribution < 1.29 is 0 Å². The quantitative estimate of drug-likeness (QED) is 0.274. The molecule has 6 heteroatoms. The minimum atomic E-state index is 0. The van der Waals surface area contributed by atoms with Gasteiger partial charge in [-0.25, -0.2) is 4.98 Å². The number of nitriles is 2. The number of para-hydroxylation sites is 2. The van der Waals surface area contributed by atoms with Crippen LogP contribution in [0.5, 0.6) is 0 Å². The lowest BCUT2D eigenvalue weighted by Gasteiger charge is -2.10. The van der Waals surface area contributed by atoms with Crippen LogP contribution in [0, 0.1) is 36.5 Å². The van der Waals surface area contributed by atoms with Gasteiger partial charge in [0.2, 0.25) is 0 Å². The Labute approximate surface area is 211 Å². The van der Waals surface area contributed by atoms with E-state index in [4.69, 9.17) is 16.3 Å². The highest BCUT2D eigenvalue weighted by molar-refractivity contribution is 5.83. The average Bonchev–Trinajstić information content (AvgIpc) is 3.30. The van der Waals surface area contributed by atoms with Gasteiger partial charge in [0.1, 0.15) is 24.0 Å². The first kappa shape index (κ1) is 25.6. The highest BCUT2D eigenvalue weighted by atomic mass is 15.0. The Balaban J connectivity index is 0.000000196. The molecule has 0 amide bonds. The van der Waals surface area contributed by atoms with Gasteiger partial charge in [-0.15, -0.1) is 0 Å². The monoisotopic (exact) mass is 472 g/mol. The first-order chi connectivity index (χ1) is 17.0. The Morgan fingerprint density at radius 3 is 2.14 bits per heavy atom. The van der Waals surface area contributed by atoms with Crippen LogP contribution < -0.4 is 11.1 Å². The topological polar surface area (TPSA) is 103 Å². The molecule has 0 saturated heterocycles. The highest BCUT2D eigenvalue weighted by Gasteiger charge is 2.08. The zero-order valence-electron chi connectivity index (χ0n) is 19.5. The molecule has 5 aromatic rings. The van der Waals surface area contributed by atoms with Crippen molar-refractivity contribution in [2.45, 2.75) is 21.3 Å². The molecule has 36 heavy (non-hydrogen) atoms. The van der Waals surface area contributed by atoms with Crippen LogP contribution in [0.1, 0.15) is 29.7 Å². The molecule has 1 heterocycles. The number of benzene rings is 4. The molecule has 3 N–H and O–H groups in total. The smallest absolute Gasteiger partial charge is 0.107 e. The van der Waals surface area contributed by atoms with E-state index < -0.39 is 0 Å². The van der Waals surface area contributed by atoms with Crippen LogP contribution in [0.25, 0.3) is 16.7 Å². The molecule has 4 aromatic carbocycles. The average molecular weight is 473 g/mol. The van der Waals surface area contributed by atoms with Crippen molar-refractivity contribution in [3.05, 3.63) is 114 Å². The van der Waals surface area contributed by atoms with Gasteiger partial charge in [-0.2, -0.15) is 10.5 Å². The van der Waals surface area contributed by atoms with Crippen molar-refractivity contribution >= 4 is 28.1 Å². The third kappa shape index (κ3) is 5.52. The number of rotatable bonds is 3. The number of hydrogen-bond donors (Lipinski definition) is 2. The standard InChI is InChI=1S/C15H11N3.C14H13N3.CH4/c1-11-4-2-6-13(8-11)18-10-17-15-12(9-16)5-3-7-14(15)18;1-10-4-2-6-12(8-10)17-13-7-3-5-11(9-15)14(13)16;/h2-8,10H,1H3;2-8,17H,16H2,1H3;1H4. The summed E-state index contributed by atoms with van der Waals surface area (Å²) in [5.74, 6) is 0. The van der Waals surface area contributed by atoms with E-state index in [1.54, 1.807) is 18.5 Å². The highest BCUT2D eigenvalue weighted by Crippen LogP contribution is 2.26. The molecule has 1 aromatic heterocycles. The number of fused-ring (bicyclic) bond motifs is 1. The first-order valence-electron chi connectivity index (χ1n) is 11.1. The van der Waals surface area contributed by atoms with Gasteiger partial charge in [-0.1, -0.05) is 43.8 Å². The Morgan fingerprint density at radius 2 is 1.44 bits per heavy atom. The first-order valence-corrected chi connectivity index (χ1v) is 11.1. The second-order valence-electron chi connectivity index (χ2n) is 8.11. The molecule has 5 rings (SSSR count). The molecule has 0 atom stereocenters. The number of anilines is 3. The molecule has 0 saturated carbocycles. The molecular weight excluding hydrogens is 444 g/mol. The molecule has 0 aliphatic carbocycles. The van der Waals surface area contributed by atoms with E-state index in [1.165, 1.54) is 11.1 Å². The van der Waals surface area contributed by atoms with Crippen LogP contribution in [-0.4, -0.2) is 9.55 Å². The number of nitrogens with one attached hydrogen (secondary N) is 1. The Morgan fingerprint density at radius 1 is 0.806 bits per heavy atom. The van der Waals surface area contributed by atoms with Crippen molar-refractivity contribution in [2.75, 3.05) is 11.1 Å². The largest absolute Gasteiger partial charge is 0.396 e. The molecule has 6 nitrogen and oxygen atoms in total. The minimum Gasteiger partial charge on any atom is -0.396 e. The number of aromatic nitrogens is 2. The van der Waals surface area contributed by atoms with Gasteiger partial charge in [0, 0.05) is 11.4 Å². The maximum atomic E-state index is 9.06. The van der Waals surface area contributed by atoms with E-state index in [9.17, 15) is 0 Å². The summed E-state index contributed by atoms with van der Waals surface area (Å²) in [7, 11) is 0. The van der Waals surface area contributed by atoms with Crippen molar-refractivity contribution in [1.29, 1.82) is 10.5 Å². The fraction of sp³-hybridized carbons (Fsp3) is 0.100. The van der Waals surface area contributed by atoms with Gasteiger partial charge >= 0.3 is 0 Å². The van der Waals surface area contributed by atoms with Crippen LogP contribution in [0.2, 0.25) is 0 Å². The third-order valence-corrected chi connectivity index (χ3v) is 5.50. The van der Waals surface area contributed by atoms with Crippen molar-refractivity contribution in [3.63, 3.8) is 0 Å². The molecule has 0 aliphatic rings. The minimum absolute atomic E-state index is 0. The van der Waals surface area contributed by atoms with E-state index in [2.05, 4.69) is 41.5 Å². The summed E-state index contributed by atoms with van der Waals surface area (Å²) >= 11 is 0. The van der Waals surface area contributed by atoms with E-state index in [0.717, 1.165) is 28.1 Å². The zero-order valence-corrected chi connectivity index (χ0v) is 19.5. The van der Waals surface area contributed by atoms with E-state index in [0.29, 0.717) is 16.8 Å². The molecule has 0 aliphatic heterocycles. The summed E-state index contributed by atoms with van der Waals surface area (Å²) in [6, 6.07) is 31.5. The maximum Gasteiger partial charge on any atom is 0.107 e. The zero-order chi connectivity index (χ0) is 24.8. The number of nitrogens with two attached hydrogens (primary N) is 1. The lowest BCUT2D eigenvalue weighted by molar-refractivity contribution is 1.09. The van der Waals surface area contributed by atoms with Crippen LogP contribution >= 0.6 is 0 Å². The SMILES string of the molecule is C.Cc1cccc(-n2cnc3c(C#N)cccc32)c1.Cc1cccc(Nc2cccc(C#N)c2N)c1. The lowest BCUT2D eigenvalue weighted by atomic mass is 10.1. The van der Waals surface area contributed by atoms with Crippen molar-refractivity contribution in [2.24, 2.45) is 0 Å². The van der Waals surface area contributed by atoms with Crippen molar-refractivity contribution in [1.82, 2.24) is 9.55 Å². The predicted octanol–water partition coefficient (Wildman–Crippen LogP) is 7.03. The second-order valence-corrected chi connectivity index (χ2v) is 8.11. The summed E-state index contributed by atoms with van der Waals surface area (Å²) < 4.78 is 2.00. The number of aryl methyl sites for hydroxylation is 2. The van der Waals surface area contributed by atoms with Crippen LogP contribution in [-0.2, 0) is 0 Å². The van der Waals surface area contributed by atoms with E-state index in [-0.39, 0.29) is 7.43 Å². The van der Waals surface area contributed by atoms with E-state index >= 15 is 0 Å². The number of imidazole rings is 1. The molecular formula is C30H28N6. The molecule has 178 valence electrons. The maximum absolute atomic E-state index is 9.06. The van der Waals surface area contributed by atoms with Crippen LogP contribution in [0.4, 0.5) is 17.1 Å². The van der Waals surface area contributed by atoms with Gasteiger partial charge in [0.05, 0.1) is 28.0 Å². The Kier molecular flexibility index (Phi) is 8.07. The van der Waals surface area contributed by atoms with Crippen LogP contribution in [0.3, 0.4) is 0 Å². The molecule has 0 spiro atoms. The Bertz CT molecular complexity index is 1580. The second kappa shape index (κ2) is 11.4. The summed E-state index contributed by atoms with van der Waals surface area (Å²) in [4.78, 5) is 4.34. The van der Waals surface area contributed by atoms with Crippen molar-refractivity contribution in [3.8, 4) is 17.8 Å². The Hall–Kier alpha value is -5.07. The number of hydrogen-bond acceptors (Lipinski definition) is 5. The van der Waals surface area contributed by atoms with Gasteiger partial charge in [0.25, 0.3) is 0 Å². The van der Waals surface area contributed by atoms with Gasteiger partial charge in [-0.3, -0.25) is 4.57 Å². The van der Waals surface area contributed by atoms with Gasteiger partial charge < -0.3 is 11.1 Å². The molecule has 0 radical (unpaired) electrons. The summed E-state index contributed by atoms with van der Waals surface area (Å²) in [5.41, 5.74) is 14.3.